The summed E-state index contributed by atoms with van der Waals surface area (Å²) in [5.41, 5.74) is 1.08. The summed E-state index contributed by atoms with van der Waals surface area (Å²) in [5.74, 6) is 0.798. The van der Waals surface area contributed by atoms with E-state index >= 15 is 0 Å². The van der Waals surface area contributed by atoms with E-state index in [1.54, 1.807) is 18.0 Å². The first-order valence-electron chi connectivity index (χ1n) is 6.80. The Morgan fingerprint density at radius 2 is 2.36 bits per heavy atom. The first kappa shape index (κ1) is 14.5. The van der Waals surface area contributed by atoms with Crippen LogP contribution >= 0.6 is 11.3 Å². The molecule has 0 spiro atoms. The van der Waals surface area contributed by atoms with Crippen LogP contribution in [0.1, 0.15) is 17.0 Å². The van der Waals surface area contributed by atoms with Crippen molar-refractivity contribution in [2.24, 2.45) is 0 Å². The van der Waals surface area contributed by atoms with Gasteiger partial charge in [-0.25, -0.2) is 0 Å². The van der Waals surface area contributed by atoms with Gasteiger partial charge >= 0.3 is 0 Å². The number of hydrogen-bond acceptors (Lipinski definition) is 6. The molecule has 1 N–H and O–H groups in total. The van der Waals surface area contributed by atoms with Gasteiger partial charge in [-0.2, -0.15) is 9.61 Å². The Balaban J connectivity index is 1.48. The van der Waals surface area contributed by atoms with E-state index in [1.807, 2.05) is 24.3 Å². The Morgan fingerprint density at radius 3 is 3.18 bits per heavy atom. The van der Waals surface area contributed by atoms with Gasteiger partial charge in [-0.1, -0.05) is 23.5 Å². The number of fused-ring (bicyclic) bond motifs is 1. The van der Waals surface area contributed by atoms with Gasteiger partial charge in [0, 0.05) is 6.42 Å². The maximum atomic E-state index is 11.9. The number of rotatable bonds is 6. The number of nitrogens with zero attached hydrogens (tertiary/aromatic N) is 4. The third-order valence-corrected chi connectivity index (χ3v) is 4.05. The number of amides is 1. The lowest BCUT2D eigenvalue weighted by molar-refractivity contribution is -0.121. The molecule has 114 valence electrons. The van der Waals surface area contributed by atoms with Crippen molar-refractivity contribution in [2.75, 3.05) is 7.11 Å². The monoisotopic (exact) mass is 317 g/mol. The molecular weight excluding hydrogens is 302 g/mol. The highest BCUT2D eigenvalue weighted by atomic mass is 32.1. The van der Waals surface area contributed by atoms with E-state index in [4.69, 9.17) is 4.74 Å². The van der Waals surface area contributed by atoms with Gasteiger partial charge in [0.25, 0.3) is 0 Å². The quantitative estimate of drug-likeness (QED) is 0.744. The lowest BCUT2D eigenvalue weighted by atomic mass is 10.1. The minimum atomic E-state index is -0.00575. The number of hydrogen-bond donors (Lipinski definition) is 1. The zero-order valence-corrected chi connectivity index (χ0v) is 12.8. The second-order valence-corrected chi connectivity index (χ2v) is 5.72. The standard InChI is InChI=1S/C14H15N5O2S/c1-21-11-4-2-3-10(7-11)5-6-12(20)15-8-13-18-19-9-16-17-14(19)22-13/h2-4,7,9H,5-6,8H2,1H3,(H,15,20). The van der Waals surface area contributed by atoms with E-state index in [9.17, 15) is 4.79 Å². The number of methoxy groups -OCH3 is 1. The summed E-state index contributed by atoms with van der Waals surface area (Å²) in [6, 6.07) is 7.73. The predicted molar refractivity (Wildman–Crippen MR) is 81.8 cm³/mol. The highest BCUT2D eigenvalue weighted by molar-refractivity contribution is 7.16. The first-order valence-corrected chi connectivity index (χ1v) is 7.61. The zero-order valence-electron chi connectivity index (χ0n) is 12.0. The molecule has 8 heteroatoms. The molecule has 0 saturated carbocycles. The van der Waals surface area contributed by atoms with Gasteiger partial charge in [0.2, 0.25) is 10.9 Å². The van der Waals surface area contributed by atoms with Gasteiger partial charge in [-0.15, -0.1) is 10.2 Å². The van der Waals surface area contributed by atoms with Crippen molar-refractivity contribution >= 4 is 22.2 Å². The van der Waals surface area contributed by atoms with Crippen molar-refractivity contribution in [1.29, 1.82) is 0 Å². The minimum absolute atomic E-state index is 0.00575. The molecular formula is C14H15N5O2S. The molecule has 0 saturated heterocycles. The largest absolute Gasteiger partial charge is 0.497 e. The minimum Gasteiger partial charge on any atom is -0.497 e. The van der Waals surface area contributed by atoms with E-state index in [0.717, 1.165) is 21.3 Å². The molecule has 7 nitrogen and oxygen atoms in total. The molecule has 1 aromatic carbocycles. The van der Waals surface area contributed by atoms with Crippen LogP contribution in [0, 0.1) is 0 Å². The third kappa shape index (κ3) is 3.40. The zero-order chi connectivity index (χ0) is 15.4. The van der Waals surface area contributed by atoms with E-state index in [2.05, 4.69) is 20.6 Å². The predicted octanol–water partition coefficient (Wildman–Crippen LogP) is 1.44. The van der Waals surface area contributed by atoms with Crippen molar-refractivity contribution in [3.63, 3.8) is 0 Å². The highest BCUT2D eigenvalue weighted by Gasteiger charge is 2.07. The number of aryl methyl sites for hydroxylation is 1. The first-order chi connectivity index (χ1) is 10.7. The fourth-order valence-corrected chi connectivity index (χ4v) is 2.77. The third-order valence-electron chi connectivity index (χ3n) is 3.14. The number of benzene rings is 1. The summed E-state index contributed by atoms with van der Waals surface area (Å²) in [4.78, 5) is 12.6. The van der Waals surface area contributed by atoms with Crippen LogP contribution in [0.15, 0.2) is 30.6 Å². The molecule has 0 aliphatic carbocycles. The van der Waals surface area contributed by atoms with Crippen molar-refractivity contribution in [3.8, 4) is 5.75 Å². The van der Waals surface area contributed by atoms with Crippen molar-refractivity contribution < 1.29 is 9.53 Å². The van der Waals surface area contributed by atoms with Crippen molar-refractivity contribution in [2.45, 2.75) is 19.4 Å². The van der Waals surface area contributed by atoms with Crippen LogP contribution in [-0.4, -0.2) is 32.8 Å². The molecule has 2 heterocycles. The Hall–Kier alpha value is -2.48. The van der Waals surface area contributed by atoms with E-state index < -0.39 is 0 Å². The number of ether oxygens (including phenoxy) is 1. The van der Waals surface area contributed by atoms with Gasteiger partial charge in [0.1, 0.15) is 17.1 Å². The molecule has 0 atom stereocenters. The molecule has 3 rings (SSSR count). The van der Waals surface area contributed by atoms with E-state index in [0.29, 0.717) is 19.4 Å². The average Bonchev–Trinajstić information content (AvgIpc) is 3.12. The molecule has 0 bridgehead atoms. The summed E-state index contributed by atoms with van der Waals surface area (Å²) >= 11 is 1.41. The average molecular weight is 317 g/mol. The van der Waals surface area contributed by atoms with Crippen LogP contribution in [0.5, 0.6) is 5.75 Å². The molecule has 1 amide bonds. The maximum Gasteiger partial charge on any atom is 0.234 e. The lowest BCUT2D eigenvalue weighted by Gasteiger charge is -2.05. The molecule has 0 radical (unpaired) electrons. The van der Waals surface area contributed by atoms with Crippen LogP contribution in [-0.2, 0) is 17.8 Å². The topological polar surface area (TPSA) is 81.4 Å². The molecule has 0 unspecified atom stereocenters. The molecule has 0 fully saturated rings. The SMILES string of the molecule is COc1cccc(CCC(=O)NCc2nn3cnnc3s2)c1. The van der Waals surface area contributed by atoms with Crippen molar-refractivity contribution in [3.05, 3.63) is 41.2 Å². The van der Waals surface area contributed by atoms with Gasteiger partial charge in [0.05, 0.1) is 13.7 Å². The van der Waals surface area contributed by atoms with Crippen LogP contribution in [0.2, 0.25) is 0 Å². The van der Waals surface area contributed by atoms with Crippen LogP contribution in [0.4, 0.5) is 0 Å². The fourth-order valence-electron chi connectivity index (χ4n) is 2.02. The Bertz CT molecular complexity index is 754. The van der Waals surface area contributed by atoms with Gasteiger partial charge in [0.15, 0.2) is 0 Å². The summed E-state index contributed by atoms with van der Waals surface area (Å²) in [6.07, 6.45) is 2.64. The molecule has 0 aliphatic heterocycles. The smallest absolute Gasteiger partial charge is 0.234 e. The maximum absolute atomic E-state index is 11.9. The Kier molecular flexibility index (Phi) is 4.29. The Labute approximate surface area is 130 Å². The number of aromatic nitrogens is 4. The number of carbonyl (C=O) groups excluding carboxylic acids is 1. The normalized spacial score (nSPS) is 10.8. The van der Waals surface area contributed by atoms with Crippen LogP contribution < -0.4 is 10.1 Å². The van der Waals surface area contributed by atoms with Gasteiger partial charge < -0.3 is 10.1 Å². The molecule has 2 aromatic heterocycles. The number of carbonyl (C=O) groups is 1. The van der Waals surface area contributed by atoms with E-state index in [1.165, 1.54) is 11.3 Å². The lowest BCUT2D eigenvalue weighted by Crippen LogP contribution is -2.23. The number of nitrogens with one attached hydrogen (secondary N) is 1. The van der Waals surface area contributed by atoms with Crippen LogP contribution in [0.3, 0.4) is 0 Å². The fraction of sp³-hybridized carbons (Fsp3) is 0.286. The van der Waals surface area contributed by atoms with Gasteiger partial charge in [-0.3, -0.25) is 4.79 Å². The summed E-state index contributed by atoms with van der Waals surface area (Å²) in [7, 11) is 1.63. The van der Waals surface area contributed by atoms with Gasteiger partial charge in [-0.05, 0) is 24.1 Å². The summed E-state index contributed by atoms with van der Waals surface area (Å²) in [6.45, 7) is 0.408. The summed E-state index contributed by atoms with van der Waals surface area (Å²) < 4.78 is 6.77. The molecule has 22 heavy (non-hydrogen) atoms. The second kappa shape index (κ2) is 6.52. The Morgan fingerprint density at radius 1 is 1.45 bits per heavy atom. The molecule has 3 aromatic rings. The molecule has 0 aliphatic rings. The summed E-state index contributed by atoms with van der Waals surface area (Å²) in [5, 5.41) is 15.6. The van der Waals surface area contributed by atoms with Crippen molar-refractivity contribution in [1.82, 2.24) is 25.1 Å². The van der Waals surface area contributed by atoms with E-state index in [-0.39, 0.29) is 5.91 Å². The second-order valence-electron chi connectivity index (χ2n) is 4.68. The van der Waals surface area contributed by atoms with Crippen LogP contribution in [0.25, 0.3) is 4.96 Å². The highest BCUT2D eigenvalue weighted by Crippen LogP contribution is 2.14.